The molecule has 2 N–H and O–H groups in total. The fourth-order valence-corrected chi connectivity index (χ4v) is 3.38. The molecule has 1 atom stereocenters. The van der Waals surface area contributed by atoms with Crippen LogP contribution < -0.4 is 0 Å². The van der Waals surface area contributed by atoms with Crippen LogP contribution in [0, 0.1) is 0 Å². The second-order valence-electron chi connectivity index (χ2n) is 5.21. The monoisotopic (exact) mass is 317 g/mol. The minimum absolute atomic E-state index is 0.119. The summed E-state index contributed by atoms with van der Waals surface area (Å²) in [4.78, 5) is 26.2. The van der Waals surface area contributed by atoms with Crippen LogP contribution in [0.25, 0.3) is 10.4 Å². The van der Waals surface area contributed by atoms with Crippen molar-refractivity contribution in [3.63, 3.8) is 0 Å². The Bertz CT molecular complexity index is 725. The van der Waals surface area contributed by atoms with Gasteiger partial charge >= 0.3 is 0 Å². The minimum atomic E-state index is -0.926. The highest BCUT2D eigenvalue weighted by atomic mass is 32.1. The predicted octanol–water partition coefficient (Wildman–Crippen LogP) is 1.54. The largest absolute Gasteiger partial charge is 0.394 e. The highest BCUT2D eigenvalue weighted by Gasteiger charge is 2.28. The van der Waals surface area contributed by atoms with Crippen LogP contribution in [-0.2, 0) is 6.54 Å². The number of carbonyl (C=O) groups is 2. The summed E-state index contributed by atoms with van der Waals surface area (Å²) < 4.78 is 0. The maximum Gasteiger partial charge on any atom is 0.254 e. The summed E-state index contributed by atoms with van der Waals surface area (Å²) >= 11 is 1.41. The molecular weight excluding hydrogens is 302 g/mol. The van der Waals surface area contributed by atoms with E-state index in [4.69, 9.17) is 5.11 Å². The van der Waals surface area contributed by atoms with Crippen LogP contribution in [0.4, 0.5) is 0 Å². The molecule has 0 aliphatic carbocycles. The van der Waals surface area contributed by atoms with Gasteiger partial charge in [-0.15, -0.1) is 11.3 Å². The van der Waals surface area contributed by atoms with Crippen molar-refractivity contribution in [1.29, 1.82) is 0 Å². The van der Waals surface area contributed by atoms with Crippen molar-refractivity contribution in [2.45, 2.75) is 12.6 Å². The number of aliphatic hydroxyl groups excluding tert-OH is 2. The van der Waals surface area contributed by atoms with Crippen LogP contribution in [0.3, 0.4) is 0 Å². The summed E-state index contributed by atoms with van der Waals surface area (Å²) in [5.41, 5.74) is 2.49. The number of β-amino-alcohol motifs (C(OH)–C–C–N with tert-alkyl or cyclic N) is 1. The number of rotatable bonds is 5. The Morgan fingerprint density at radius 2 is 2.14 bits per heavy atom. The van der Waals surface area contributed by atoms with Crippen LogP contribution in [0.1, 0.15) is 25.6 Å². The van der Waals surface area contributed by atoms with Crippen molar-refractivity contribution in [2.75, 3.05) is 13.2 Å². The number of aliphatic hydroxyl groups is 2. The quantitative estimate of drug-likeness (QED) is 0.820. The van der Waals surface area contributed by atoms with Crippen LogP contribution in [-0.4, -0.2) is 46.6 Å². The lowest BCUT2D eigenvalue weighted by Gasteiger charge is -2.18. The average molecular weight is 317 g/mol. The van der Waals surface area contributed by atoms with E-state index in [0.717, 1.165) is 22.3 Å². The molecule has 0 spiro atoms. The molecule has 0 saturated heterocycles. The molecule has 6 heteroatoms. The third-order valence-corrected chi connectivity index (χ3v) is 4.71. The summed E-state index contributed by atoms with van der Waals surface area (Å²) in [5.74, 6) is -0.131. The smallest absolute Gasteiger partial charge is 0.254 e. The molecule has 1 amide bonds. The zero-order valence-corrected chi connectivity index (χ0v) is 12.5. The first-order chi connectivity index (χ1) is 10.6. The normalized spacial score (nSPS) is 15.0. The Labute approximate surface area is 131 Å². The number of aldehydes is 1. The lowest BCUT2D eigenvalue weighted by Crippen LogP contribution is -2.34. The molecule has 0 bridgehead atoms. The van der Waals surface area contributed by atoms with Gasteiger partial charge in [0.05, 0.1) is 17.6 Å². The Morgan fingerprint density at radius 3 is 2.82 bits per heavy atom. The predicted molar refractivity (Wildman–Crippen MR) is 83.0 cm³/mol. The zero-order chi connectivity index (χ0) is 15.7. The number of amides is 1. The van der Waals surface area contributed by atoms with Crippen LogP contribution in [0.2, 0.25) is 0 Å². The van der Waals surface area contributed by atoms with E-state index in [9.17, 15) is 14.7 Å². The van der Waals surface area contributed by atoms with E-state index in [2.05, 4.69) is 0 Å². The molecule has 2 heterocycles. The van der Waals surface area contributed by atoms with Gasteiger partial charge in [-0.05, 0) is 35.4 Å². The number of benzene rings is 1. The van der Waals surface area contributed by atoms with Gasteiger partial charge < -0.3 is 15.1 Å². The molecule has 2 aromatic rings. The maximum absolute atomic E-state index is 12.2. The Balaban J connectivity index is 1.86. The summed E-state index contributed by atoms with van der Waals surface area (Å²) in [7, 11) is 0. The third-order valence-electron chi connectivity index (χ3n) is 3.65. The molecule has 22 heavy (non-hydrogen) atoms. The standard InChI is InChI=1S/C16H15NO4S/c18-8-12(20)7-17-6-11-5-10(1-3-14(11)16(17)21)15-4-2-13(9-19)22-15/h1-5,9,12,18,20H,6-8H2. The summed E-state index contributed by atoms with van der Waals surface area (Å²) in [5, 5.41) is 18.4. The summed E-state index contributed by atoms with van der Waals surface area (Å²) in [6.45, 7) is 0.174. The first kappa shape index (κ1) is 14.9. The second-order valence-corrected chi connectivity index (χ2v) is 6.33. The van der Waals surface area contributed by atoms with Gasteiger partial charge in [-0.25, -0.2) is 0 Å². The van der Waals surface area contributed by atoms with Crippen LogP contribution in [0.15, 0.2) is 30.3 Å². The number of fused-ring (bicyclic) bond motifs is 1. The third kappa shape index (κ3) is 2.68. The molecule has 1 aromatic carbocycles. The van der Waals surface area contributed by atoms with Crippen molar-refractivity contribution < 1.29 is 19.8 Å². The molecule has 0 radical (unpaired) electrons. The molecule has 0 fully saturated rings. The fraction of sp³-hybridized carbons (Fsp3) is 0.250. The molecule has 114 valence electrons. The first-order valence-corrected chi connectivity index (χ1v) is 7.70. The molecule has 3 rings (SSSR count). The molecule has 1 aliphatic rings. The minimum Gasteiger partial charge on any atom is -0.394 e. The highest BCUT2D eigenvalue weighted by molar-refractivity contribution is 7.17. The van der Waals surface area contributed by atoms with Gasteiger partial charge in [0, 0.05) is 23.5 Å². The topological polar surface area (TPSA) is 77.8 Å². The number of thiophene rings is 1. The highest BCUT2D eigenvalue weighted by Crippen LogP contribution is 2.32. The van der Waals surface area contributed by atoms with Crippen molar-refractivity contribution in [3.05, 3.63) is 46.3 Å². The molecular formula is C16H15NO4S. The Hall–Kier alpha value is -2.02. The van der Waals surface area contributed by atoms with E-state index in [0.29, 0.717) is 17.0 Å². The van der Waals surface area contributed by atoms with Gasteiger partial charge in [0.25, 0.3) is 5.91 Å². The molecule has 5 nitrogen and oxygen atoms in total. The molecule has 1 unspecified atom stereocenters. The maximum atomic E-state index is 12.2. The van der Waals surface area contributed by atoms with E-state index in [-0.39, 0.29) is 19.1 Å². The van der Waals surface area contributed by atoms with E-state index >= 15 is 0 Å². The van der Waals surface area contributed by atoms with E-state index < -0.39 is 6.10 Å². The SMILES string of the molecule is O=Cc1ccc(-c2ccc3c(c2)CN(CC(O)CO)C3=O)s1. The van der Waals surface area contributed by atoms with Crippen molar-refractivity contribution >= 4 is 23.5 Å². The number of carbonyl (C=O) groups excluding carboxylic acids is 2. The number of hydrogen-bond donors (Lipinski definition) is 2. The van der Waals surface area contributed by atoms with Crippen molar-refractivity contribution in [2.24, 2.45) is 0 Å². The van der Waals surface area contributed by atoms with E-state index in [1.54, 1.807) is 12.1 Å². The second kappa shape index (κ2) is 6.00. The number of hydrogen-bond acceptors (Lipinski definition) is 5. The van der Waals surface area contributed by atoms with Crippen molar-refractivity contribution in [3.8, 4) is 10.4 Å². The van der Waals surface area contributed by atoms with Gasteiger partial charge in [-0.2, -0.15) is 0 Å². The zero-order valence-electron chi connectivity index (χ0n) is 11.7. The van der Waals surface area contributed by atoms with E-state index in [1.165, 1.54) is 16.2 Å². The number of nitrogens with zero attached hydrogens (tertiary/aromatic N) is 1. The summed E-state index contributed by atoms with van der Waals surface area (Å²) in [6.07, 6.45) is -0.103. The van der Waals surface area contributed by atoms with Crippen LogP contribution >= 0.6 is 11.3 Å². The molecule has 1 aliphatic heterocycles. The average Bonchev–Trinajstić information content (AvgIpc) is 3.12. The van der Waals surface area contributed by atoms with Crippen molar-refractivity contribution in [1.82, 2.24) is 4.90 Å². The van der Waals surface area contributed by atoms with Gasteiger partial charge in [0.1, 0.15) is 0 Å². The first-order valence-electron chi connectivity index (χ1n) is 6.89. The van der Waals surface area contributed by atoms with Gasteiger partial charge in [0.15, 0.2) is 6.29 Å². The molecule has 1 aromatic heterocycles. The Kier molecular flexibility index (Phi) is 4.06. The van der Waals surface area contributed by atoms with Crippen LogP contribution in [0.5, 0.6) is 0 Å². The lowest BCUT2D eigenvalue weighted by atomic mass is 10.1. The van der Waals surface area contributed by atoms with Gasteiger partial charge in [-0.3, -0.25) is 9.59 Å². The lowest BCUT2D eigenvalue weighted by molar-refractivity contribution is 0.0475. The molecule has 0 saturated carbocycles. The fourth-order valence-electron chi connectivity index (χ4n) is 2.57. The summed E-state index contributed by atoms with van der Waals surface area (Å²) in [6, 6.07) is 9.25. The van der Waals surface area contributed by atoms with E-state index in [1.807, 2.05) is 18.2 Å². The van der Waals surface area contributed by atoms with Gasteiger partial charge in [0.2, 0.25) is 0 Å². The van der Waals surface area contributed by atoms with Gasteiger partial charge in [-0.1, -0.05) is 6.07 Å². The Morgan fingerprint density at radius 1 is 1.32 bits per heavy atom.